The van der Waals surface area contributed by atoms with E-state index in [9.17, 15) is 9.90 Å². The van der Waals surface area contributed by atoms with Gasteiger partial charge in [-0.15, -0.1) is 0 Å². The minimum absolute atomic E-state index is 0.191. The Morgan fingerprint density at radius 2 is 1.70 bits per heavy atom. The normalized spacial score (nSPS) is 13.1. The molecule has 0 saturated heterocycles. The van der Waals surface area contributed by atoms with E-state index >= 15 is 0 Å². The maximum atomic E-state index is 12.6. The summed E-state index contributed by atoms with van der Waals surface area (Å²) in [6.07, 6.45) is 0.846. The number of hydrogen-bond donors (Lipinski definition) is 1. The average molecular weight is 314 g/mol. The molecular weight excluding hydrogens is 292 g/mol. The van der Waals surface area contributed by atoms with Crippen molar-refractivity contribution >= 4 is 5.97 Å². The molecule has 0 fully saturated rings. The molecule has 2 rings (SSSR count). The van der Waals surface area contributed by atoms with E-state index in [1.54, 1.807) is 31.2 Å². The molecule has 4 heteroatoms. The van der Waals surface area contributed by atoms with Gasteiger partial charge in [0, 0.05) is 6.42 Å². The van der Waals surface area contributed by atoms with Crippen LogP contribution in [-0.2, 0) is 16.0 Å². The van der Waals surface area contributed by atoms with Gasteiger partial charge in [-0.3, -0.25) is 0 Å². The van der Waals surface area contributed by atoms with Crippen molar-refractivity contribution in [2.45, 2.75) is 32.3 Å². The molecule has 0 aliphatic carbocycles. The third kappa shape index (κ3) is 4.25. The smallest absolute Gasteiger partial charge is 0.350 e. The van der Waals surface area contributed by atoms with E-state index in [1.807, 2.05) is 37.3 Å². The van der Waals surface area contributed by atoms with Gasteiger partial charge < -0.3 is 14.6 Å². The number of aromatic hydroxyl groups is 1. The van der Waals surface area contributed by atoms with Crippen LogP contribution < -0.4 is 4.74 Å². The van der Waals surface area contributed by atoms with E-state index in [4.69, 9.17) is 9.47 Å². The molecule has 4 nitrogen and oxygen atoms in total. The number of carbonyl (C=O) groups excluding carboxylic acids is 1. The number of ether oxygens (including phenoxy) is 2. The number of benzene rings is 2. The van der Waals surface area contributed by atoms with Crippen molar-refractivity contribution in [3.8, 4) is 11.5 Å². The lowest BCUT2D eigenvalue weighted by molar-refractivity contribution is -0.162. The standard InChI is InChI=1S/C19H22O4/c1-3-19(18(21)22-4-2,23-17-8-6-5-7-9-17)14-15-10-12-16(20)13-11-15/h5-13,20H,3-4,14H2,1-2H3/t19-/m1/s1. The number of phenols is 1. The van der Waals surface area contributed by atoms with E-state index < -0.39 is 5.60 Å². The summed E-state index contributed by atoms with van der Waals surface area (Å²) in [5.74, 6) is 0.441. The van der Waals surface area contributed by atoms with Gasteiger partial charge in [0.1, 0.15) is 11.5 Å². The van der Waals surface area contributed by atoms with E-state index in [2.05, 4.69) is 0 Å². The Balaban J connectivity index is 2.32. The zero-order chi connectivity index (χ0) is 16.7. The summed E-state index contributed by atoms with van der Waals surface area (Å²) < 4.78 is 11.3. The molecule has 0 unspecified atom stereocenters. The molecule has 1 atom stereocenters. The number of carbonyl (C=O) groups is 1. The van der Waals surface area contributed by atoms with Crippen LogP contribution in [0.15, 0.2) is 54.6 Å². The Morgan fingerprint density at radius 3 is 2.26 bits per heavy atom. The van der Waals surface area contributed by atoms with E-state index in [1.165, 1.54) is 0 Å². The lowest BCUT2D eigenvalue weighted by atomic mass is 9.91. The summed E-state index contributed by atoms with van der Waals surface area (Å²) in [6, 6.07) is 16.0. The van der Waals surface area contributed by atoms with Crippen molar-refractivity contribution in [2.24, 2.45) is 0 Å². The largest absolute Gasteiger partial charge is 0.508 e. The van der Waals surface area contributed by atoms with Gasteiger partial charge in [0.05, 0.1) is 6.61 Å². The van der Waals surface area contributed by atoms with Crippen molar-refractivity contribution in [2.75, 3.05) is 6.61 Å². The molecule has 0 radical (unpaired) electrons. The molecule has 0 amide bonds. The van der Waals surface area contributed by atoms with Gasteiger partial charge in [-0.05, 0) is 43.2 Å². The topological polar surface area (TPSA) is 55.8 Å². The molecule has 2 aromatic carbocycles. The minimum Gasteiger partial charge on any atom is -0.508 e. The number of esters is 1. The highest BCUT2D eigenvalue weighted by Gasteiger charge is 2.41. The molecule has 0 saturated carbocycles. The fourth-order valence-electron chi connectivity index (χ4n) is 2.41. The molecular formula is C19H22O4. The molecule has 0 heterocycles. The monoisotopic (exact) mass is 314 g/mol. The van der Waals surface area contributed by atoms with Crippen molar-refractivity contribution < 1.29 is 19.4 Å². The zero-order valence-corrected chi connectivity index (χ0v) is 13.5. The second kappa shape index (κ2) is 7.68. The molecule has 122 valence electrons. The fraction of sp³-hybridized carbons (Fsp3) is 0.316. The summed E-state index contributed by atoms with van der Waals surface area (Å²) in [7, 11) is 0. The molecule has 0 spiro atoms. The molecule has 0 aliphatic rings. The Bertz CT molecular complexity index is 622. The maximum Gasteiger partial charge on any atom is 0.350 e. The molecule has 2 aromatic rings. The molecule has 0 aliphatic heterocycles. The first-order valence-corrected chi connectivity index (χ1v) is 7.79. The van der Waals surface area contributed by atoms with E-state index in [0.29, 0.717) is 25.2 Å². The first kappa shape index (κ1) is 16.9. The highest BCUT2D eigenvalue weighted by atomic mass is 16.6. The number of phenolic OH excluding ortho intramolecular Hbond substituents is 1. The minimum atomic E-state index is -1.09. The van der Waals surface area contributed by atoms with E-state index in [0.717, 1.165) is 5.56 Å². The quantitative estimate of drug-likeness (QED) is 0.791. The summed E-state index contributed by atoms with van der Waals surface area (Å²) in [4.78, 5) is 12.6. The van der Waals surface area contributed by atoms with Crippen LogP contribution in [0.2, 0.25) is 0 Å². The van der Waals surface area contributed by atoms with Crippen molar-refractivity contribution in [3.05, 3.63) is 60.2 Å². The van der Waals surface area contributed by atoms with Crippen molar-refractivity contribution in [3.63, 3.8) is 0 Å². The second-order valence-electron chi connectivity index (χ2n) is 5.33. The fourth-order valence-corrected chi connectivity index (χ4v) is 2.41. The van der Waals surface area contributed by atoms with Crippen molar-refractivity contribution in [1.82, 2.24) is 0 Å². The van der Waals surface area contributed by atoms with Gasteiger partial charge in [0.25, 0.3) is 0 Å². The Kier molecular flexibility index (Phi) is 5.63. The van der Waals surface area contributed by atoms with Gasteiger partial charge in [-0.25, -0.2) is 4.79 Å². The summed E-state index contributed by atoms with van der Waals surface area (Å²) in [6.45, 7) is 3.98. The van der Waals surface area contributed by atoms with Gasteiger partial charge >= 0.3 is 5.97 Å². The van der Waals surface area contributed by atoms with Crippen LogP contribution in [0.1, 0.15) is 25.8 Å². The van der Waals surface area contributed by atoms with Gasteiger partial charge in [0.15, 0.2) is 0 Å². The highest BCUT2D eigenvalue weighted by molar-refractivity contribution is 5.80. The number of hydrogen-bond acceptors (Lipinski definition) is 4. The van der Waals surface area contributed by atoms with Gasteiger partial charge in [-0.1, -0.05) is 37.3 Å². The Morgan fingerprint density at radius 1 is 1.04 bits per heavy atom. The van der Waals surface area contributed by atoms with Crippen molar-refractivity contribution in [1.29, 1.82) is 0 Å². The molecule has 0 aromatic heterocycles. The maximum absolute atomic E-state index is 12.6. The SMILES string of the molecule is CCOC(=O)[C@@](CC)(Cc1ccc(O)cc1)Oc1ccccc1. The summed E-state index contributed by atoms with van der Waals surface area (Å²) in [5, 5.41) is 9.42. The van der Waals surface area contributed by atoms with Crippen LogP contribution in [0, 0.1) is 0 Å². The van der Waals surface area contributed by atoms with E-state index in [-0.39, 0.29) is 11.7 Å². The van der Waals surface area contributed by atoms with Crippen LogP contribution in [0.3, 0.4) is 0 Å². The lowest BCUT2D eigenvalue weighted by Crippen LogP contribution is -2.47. The second-order valence-corrected chi connectivity index (χ2v) is 5.33. The van der Waals surface area contributed by atoms with Crippen LogP contribution in [-0.4, -0.2) is 23.3 Å². The first-order chi connectivity index (χ1) is 11.1. The van der Waals surface area contributed by atoms with Crippen LogP contribution in [0.5, 0.6) is 11.5 Å². The predicted octanol–water partition coefficient (Wildman–Crippen LogP) is 3.73. The van der Waals surface area contributed by atoms with Crippen LogP contribution in [0.25, 0.3) is 0 Å². The summed E-state index contributed by atoms with van der Waals surface area (Å²) >= 11 is 0. The van der Waals surface area contributed by atoms with Crippen LogP contribution in [0.4, 0.5) is 0 Å². The Labute approximate surface area is 136 Å². The number of para-hydroxylation sites is 1. The van der Waals surface area contributed by atoms with Crippen LogP contribution >= 0.6 is 0 Å². The first-order valence-electron chi connectivity index (χ1n) is 7.79. The molecule has 1 N–H and O–H groups in total. The van der Waals surface area contributed by atoms with Gasteiger partial charge in [0.2, 0.25) is 5.60 Å². The zero-order valence-electron chi connectivity index (χ0n) is 13.5. The molecule has 0 bridgehead atoms. The average Bonchev–Trinajstić information content (AvgIpc) is 2.57. The molecule has 23 heavy (non-hydrogen) atoms. The summed E-state index contributed by atoms with van der Waals surface area (Å²) in [5.41, 5.74) is -0.192. The predicted molar refractivity (Wildman–Crippen MR) is 88.5 cm³/mol. The van der Waals surface area contributed by atoms with Gasteiger partial charge in [-0.2, -0.15) is 0 Å². The lowest BCUT2D eigenvalue weighted by Gasteiger charge is -2.31. The third-order valence-corrected chi connectivity index (χ3v) is 3.70. The highest BCUT2D eigenvalue weighted by Crippen LogP contribution is 2.27. The Hall–Kier alpha value is -2.49. The third-order valence-electron chi connectivity index (χ3n) is 3.70. The number of rotatable bonds is 7.